The molecule has 2 nitrogen and oxygen atoms in total. The highest BCUT2D eigenvalue weighted by atomic mass is 16.5. The minimum absolute atomic E-state index is 0.0387. The molecular weight excluding hydrogens is 284 g/mol. The molecule has 0 aromatic rings. The molecule has 0 heterocycles. The minimum Gasteiger partial charge on any atom is -0.431 e. The third kappa shape index (κ3) is 11.4. The number of carbonyl (C=O) groups is 1. The molecule has 0 saturated heterocycles. The number of ether oxygens (including phenoxy) is 1. The second-order valence-electron chi connectivity index (χ2n) is 7.26. The molecule has 1 aliphatic rings. The summed E-state index contributed by atoms with van der Waals surface area (Å²) in [5.74, 6) is 1.42. The van der Waals surface area contributed by atoms with Crippen molar-refractivity contribution in [3.05, 3.63) is 11.8 Å². The Morgan fingerprint density at radius 3 is 2.17 bits per heavy atom. The van der Waals surface area contributed by atoms with Crippen LogP contribution >= 0.6 is 0 Å². The van der Waals surface area contributed by atoms with E-state index in [0.717, 1.165) is 31.4 Å². The largest absolute Gasteiger partial charge is 0.431 e. The topological polar surface area (TPSA) is 26.3 Å². The molecule has 0 spiro atoms. The van der Waals surface area contributed by atoms with Crippen LogP contribution in [0.15, 0.2) is 11.8 Å². The van der Waals surface area contributed by atoms with Crippen molar-refractivity contribution in [3.8, 4) is 0 Å². The second-order valence-corrected chi connectivity index (χ2v) is 7.26. The van der Waals surface area contributed by atoms with Gasteiger partial charge in [0.2, 0.25) is 0 Å². The van der Waals surface area contributed by atoms with E-state index in [9.17, 15) is 4.79 Å². The first kappa shape index (κ1) is 20.3. The molecule has 0 aliphatic heterocycles. The molecule has 0 aromatic heterocycles. The minimum atomic E-state index is -0.0387. The van der Waals surface area contributed by atoms with E-state index in [2.05, 4.69) is 19.9 Å². The fraction of sp³-hybridized carbons (Fsp3) is 0.857. The molecule has 134 valence electrons. The molecule has 0 fully saturated rings. The molecule has 0 saturated carbocycles. The predicted molar refractivity (Wildman–Crippen MR) is 98.3 cm³/mol. The molecule has 0 aromatic carbocycles. The molecule has 2 heteroatoms. The zero-order chi connectivity index (χ0) is 16.8. The average Bonchev–Trinajstić information content (AvgIpc) is 2.53. The zero-order valence-electron chi connectivity index (χ0n) is 15.6. The van der Waals surface area contributed by atoms with Crippen molar-refractivity contribution < 1.29 is 9.53 Å². The third-order valence-corrected chi connectivity index (χ3v) is 4.78. The van der Waals surface area contributed by atoms with Crippen LogP contribution in [0.1, 0.15) is 110 Å². The first-order valence-corrected chi connectivity index (χ1v) is 10.1. The van der Waals surface area contributed by atoms with Crippen LogP contribution in [0, 0.1) is 5.92 Å². The number of carbonyl (C=O) groups excluding carboxylic acids is 1. The van der Waals surface area contributed by atoms with Crippen LogP contribution in [-0.2, 0) is 9.53 Å². The first-order chi connectivity index (χ1) is 11.2. The van der Waals surface area contributed by atoms with Crippen LogP contribution < -0.4 is 0 Å². The van der Waals surface area contributed by atoms with Gasteiger partial charge in [-0.25, -0.2) is 0 Å². The number of allylic oxidation sites excluding steroid dienone is 2. The van der Waals surface area contributed by atoms with Crippen molar-refractivity contribution in [3.63, 3.8) is 0 Å². The summed E-state index contributed by atoms with van der Waals surface area (Å²) < 4.78 is 5.67. The van der Waals surface area contributed by atoms with E-state index < -0.39 is 0 Å². The van der Waals surface area contributed by atoms with Crippen molar-refractivity contribution in [1.29, 1.82) is 0 Å². The maximum absolute atomic E-state index is 11.9. The smallest absolute Gasteiger partial charge is 0.310 e. The van der Waals surface area contributed by atoms with Gasteiger partial charge in [0.1, 0.15) is 5.76 Å². The Morgan fingerprint density at radius 2 is 1.57 bits per heavy atom. The average molecular weight is 323 g/mol. The Labute approximate surface area is 144 Å². The monoisotopic (exact) mass is 322 g/mol. The van der Waals surface area contributed by atoms with Gasteiger partial charge in [0, 0.05) is 12.8 Å². The highest BCUT2D eigenvalue weighted by Crippen LogP contribution is 2.20. The van der Waals surface area contributed by atoms with Crippen molar-refractivity contribution in [2.75, 3.05) is 0 Å². The lowest BCUT2D eigenvalue weighted by Gasteiger charge is -2.12. The standard InChI is InChI=1S/C21H38O2/c1-3-4-17-21(22)23-20-16-14-12-10-8-6-5-7-9-11-13-15-19(2)18-20/h18-19H,3-17H2,1-2H3/b20-18-. The summed E-state index contributed by atoms with van der Waals surface area (Å²) in [5, 5.41) is 0. The van der Waals surface area contributed by atoms with Gasteiger partial charge < -0.3 is 4.74 Å². The molecule has 0 amide bonds. The summed E-state index contributed by atoms with van der Waals surface area (Å²) in [6.07, 6.45) is 20.3. The predicted octanol–water partition coefficient (Wildman–Crippen LogP) is 6.93. The quantitative estimate of drug-likeness (QED) is 0.524. The Morgan fingerprint density at radius 1 is 1.00 bits per heavy atom. The summed E-state index contributed by atoms with van der Waals surface area (Å²) >= 11 is 0. The summed E-state index contributed by atoms with van der Waals surface area (Å²) in [6, 6.07) is 0. The molecule has 0 N–H and O–H groups in total. The van der Waals surface area contributed by atoms with E-state index in [1.807, 2.05) is 0 Å². The fourth-order valence-electron chi connectivity index (χ4n) is 3.27. The SMILES string of the molecule is CCCCC(=O)O/C1=C\C(C)CCCCCCCCCCCC1. The zero-order valence-corrected chi connectivity index (χ0v) is 15.6. The van der Waals surface area contributed by atoms with E-state index in [4.69, 9.17) is 4.74 Å². The van der Waals surface area contributed by atoms with Crippen LogP contribution in [0.5, 0.6) is 0 Å². The van der Waals surface area contributed by atoms with Crippen molar-refractivity contribution in [2.24, 2.45) is 5.92 Å². The molecule has 0 bridgehead atoms. The van der Waals surface area contributed by atoms with Gasteiger partial charge in [-0.15, -0.1) is 0 Å². The van der Waals surface area contributed by atoms with E-state index in [-0.39, 0.29) is 5.97 Å². The second kappa shape index (κ2) is 13.6. The summed E-state index contributed by atoms with van der Waals surface area (Å²) in [6.45, 7) is 4.37. The van der Waals surface area contributed by atoms with Crippen LogP contribution in [-0.4, -0.2) is 5.97 Å². The lowest BCUT2D eigenvalue weighted by molar-refractivity contribution is -0.139. The summed E-state index contributed by atoms with van der Waals surface area (Å²) in [4.78, 5) is 11.9. The number of esters is 1. The number of hydrogen-bond acceptors (Lipinski definition) is 2. The molecule has 1 aliphatic carbocycles. The maximum Gasteiger partial charge on any atom is 0.310 e. The van der Waals surface area contributed by atoms with Crippen LogP contribution in [0.2, 0.25) is 0 Å². The Kier molecular flexibility index (Phi) is 12.0. The van der Waals surface area contributed by atoms with Crippen molar-refractivity contribution in [2.45, 2.75) is 110 Å². The number of rotatable bonds is 4. The lowest BCUT2D eigenvalue weighted by atomic mass is 10.0. The van der Waals surface area contributed by atoms with E-state index in [0.29, 0.717) is 12.3 Å². The van der Waals surface area contributed by atoms with Crippen LogP contribution in [0.4, 0.5) is 0 Å². The van der Waals surface area contributed by atoms with Gasteiger partial charge in [0.15, 0.2) is 0 Å². The maximum atomic E-state index is 11.9. The van der Waals surface area contributed by atoms with Gasteiger partial charge in [-0.2, -0.15) is 0 Å². The van der Waals surface area contributed by atoms with Crippen LogP contribution in [0.25, 0.3) is 0 Å². The molecule has 1 rings (SSSR count). The lowest BCUT2D eigenvalue weighted by Crippen LogP contribution is -2.06. The van der Waals surface area contributed by atoms with Crippen molar-refractivity contribution in [1.82, 2.24) is 0 Å². The van der Waals surface area contributed by atoms with Crippen molar-refractivity contribution >= 4 is 5.97 Å². The highest BCUT2D eigenvalue weighted by Gasteiger charge is 2.09. The van der Waals surface area contributed by atoms with Gasteiger partial charge >= 0.3 is 5.97 Å². The van der Waals surface area contributed by atoms with Gasteiger partial charge in [-0.1, -0.05) is 78.1 Å². The van der Waals surface area contributed by atoms with Crippen LogP contribution in [0.3, 0.4) is 0 Å². The summed E-state index contributed by atoms with van der Waals surface area (Å²) in [5.41, 5.74) is 0. The Balaban J connectivity index is 2.51. The van der Waals surface area contributed by atoms with Gasteiger partial charge in [0.25, 0.3) is 0 Å². The molecule has 0 radical (unpaired) electrons. The molecular formula is C21H38O2. The van der Waals surface area contributed by atoms with Gasteiger partial charge in [-0.3, -0.25) is 4.79 Å². The number of hydrogen-bond donors (Lipinski definition) is 0. The molecule has 23 heavy (non-hydrogen) atoms. The molecule has 1 unspecified atom stereocenters. The highest BCUT2D eigenvalue weighted by molar-refractivity contribution is 5.70. The summed E-state index contributed by atoms with van der Waals surface area (Å²) in [7, 11) is 0. The molecule has 1 atom stereocenters. The first-order valence-electron chi connectivity index (χ1n) is 10.1. The van der Waals surface area contributed by atoms with E-state index in [1.54, 1.807) is 0 Å². The Hall–Kier alpha value is -0.790. The third-order valence-electron chi connectivity index (χ3n) is 4.78. The normalized spacial score (nSPS) is 24.8. The van der Waals surface area contributed by atoms with E-state index in [1.165, 1.54) is 64.2 Å². The Bertz CT molecular complexity index is 333. The van der Waals surface area contributed by atoms with Gasteiger partial charge in [0.05, 0.1) is 0 Å². The number of unbranched alkanes of at least 4 members (excludes halogenated alkanes) is 1. The fourth-order valence-corrected chi connectivity index (χ4v) is 3.27. The van der Waals surface area contributed by atoms with E-state index >= 15 is 0 Å². The van der Waals surface area contributed by atoms with Gasteiger partial charge in [-0.05, 0) is 31.3 Å².